The van der Waals surface area contributed by atoms with Crippen LogP contribution < -0.4 is 0 Å². The number of likely N-dealkylation sites (tertiary alicyclic amines) is 2. The molecule has 3 rings (SSSR count). The van der Waals surface area contributed by atoms with Crippen molar-refractivity contribution in [3.63, 3.8) is 0 Å². The fourth-order valence-corrected chi connectivity index (χ4v) is 3.88. The number of fused-ring (bicyclic) bond motifs is 1. The molecular weight excluding hydrogens is 477 g/mol. The number of carboxylic acids is 2. The minimum atomic E-state index is -5.08. The smallest absolute Gasteiger partial charge is 0.475 e. The summed E-state index contributed by atoms with van der Waals surface area (Å²) in [5.41, 5.74) is 1.23. The molecule has 194 valence electrons. The van der Waals surface area contributed by atoms with Crippen molar-refractivity contribution in [1.82, 2.24) is 9.80 Å². The van der Waals surface area contributed by atoms with E-state index in [4.69, 9.17) is 19.8 Å². The number of hydrogen-bond donors (Lipinski definition) is 2. The zero-order chi connectivity index (χ0) is 26.3. The van der Waals surface area contributed by atoms with Gasteiger partial charge in [-0.1, -0.05) is 26.0 Å². The Kier molecular flexibility index (Phi) is 10.8. The molecule has 0 radical (unpaired) electrons. The number of carboxylic acid groups (broad SMARTS) is 2. The van der Waals surface area contributed by atoms with Crippen LogP contribution in [0, 0.1) is 11.7 Å². The van der Waals surface area contributed by atoms with Crippen LogP contribution in [0.4, 0.5) is 30.7 Å². The van der Waals surface area contributed by atoms with Gasteiger partial charge in [0.15, 0.2) is 0 Å². The molecule has 0 aromatic heterocycles. The number of nitrogens with zero attached hydrogens (tertiary/aromatic N) is 2. The molecule has 1 aromatic rings. The molecule has 13 heteroatoms. The third-order valence-corrected chi connectivity index (χ3v) is 5.19. The highest BCUT2D eigenvalue weighted by Gasteiger charge is 2.42. The number of hydrogen-bond acceptors (Lipinski definition) is 4. The van der Waals surface area contributed by atoms with Gasteiger partial charge in [-0.3, -0.25) is 9.80 Å². The van der Waals surface area contributed by atoms with Crippen LogP contribution in [-0.2, 0) is 16.1 Å². The number of benzene rings is 1. The maximum Gasteiger partial charge on any atom is 0.490 e. The van der Waals surface area contributed by atoms with Crippen molar-refractivity contribution in [3.05, 3.63) is 35.6 Å². The molecule has 2 aliphatic rings. The Hall–Kier alpha value is -2.41. The second kappa shape index (κ2) is 12.3. The third-order valence-electron chi connectivity index (χ3n) is 5.19. The fraction of sp³-hybridized carbons (Fsp3) is 0.619. The Bertz CT molecular complexity index is 774. The molecule has 0 saturated carbocycles. The molecule has 0 amide bonds. The molecule has 0 spiro atoms. The van der Waals surface area contributed by atoms with E-state index in [0.717, 1.165) is 18.5 Å². The Labute approximate surface area is 191 Å². The number of alkyl halides is 6. The van der Waals surface area contributed by atoms with E-state index in [1.54, 1.807) is 12.1 Å². The van der Waals surface area contributed by atoms with Crippen molar-refractivity contribution in [2.75, 3.05) is 19.6 Å². The molecule has 0 unspecified atom stereocenters. The summed E-state index contributed by atoms with van der Waals surface area (Å²) in [7, 11) is 0. The zero-order valence-electron chi connectivity index (χ0n) is 18.5. The van der Waals surface area contributed by atoms with E-state index in [1.165, 1.54) is 38.0 Å². The third kappa shape index (κ3) is 9.84. The largest absolute Gasteiger partial charge is 0.490 e. The van der Waals surface area contributed by atoms with Crippen LogP contribution in [0.3, 0.4) is 0 Å². The number of rotatable bonds is 4. The first-order valence-electron chi connectivity index (χ1n) is 10.3. The van der Waals surface area contributed by atoms with Gasteiger partial charge in [0.25, 0.3) is 0 Å². The standard InChI is InChI=1S/C17H25FN2.2C2HF3O2/c1-13(2)11-19-9-7-17-16(19)8-10-20(17)12-14-3-5-15(18)6-4-14;2*3-2(4,5)1(6)7/h3-6,13,16-17H,7-12H2,1-2H3;2*(H,6,7)/t16-,17+;;/m0../s1. The summed E-state index contributed by atoms with van der Waals surface area (Å²) >= 11 is 0. The van der Waals surface area contributed by atoms with E-state index in [1.807, 2.05) is 12.1 Å². The van der Waals surface area contributed by atoms with Gasteiger partial charge in [-0.15, -0.1) is 0 Å². The Morgan fingerprint density at radius 2 is 1.26 bits per heavy atom. The first kappa shape index (κ1) is 29.6. The highest BCUT2D eigenvalue weighted by atomic mass is 19.4. The van der Waals surface area contributed by atoms with E-state index >= 15 is 0 Å². The van der Waals surface area contributed by atoms with Crippen molar-refractivity contribution in [3.8, 4) is 0 Å². The van der Waals surface area contributed by atoms with Gasteiger partial charge >= 0.3 is 24.3 Å². The molecule has 2 N–H and O–H groups in total. The molecule has 2 fully saturated rings. The molecule has 6 nitrogen and oxygen atoms in total. The van der Waals surface area contributed by atoms with Gasteiger partial charge < -0.3 is 10.2 Å². The number of aliphatic carboxylic acids is 2. The van der Waals surface area contributed by atoms with Crippen LogP contribution in [0.25, 0.3) is 0 Å². The van der Waals surface area contributed by atoms with Crippen LogP contribution in [-0.4, -0.2) is 76.0 Å². The van der Waals surface area contributed by atoms with E-state index in [2.05, 4.69) is 23.6 Å². The highest BCUT2D eigenvalue weighted by Crippen LogP contribution is 2.33. The molecule has 34 heavy (non-hydrogen) atoms. The minimum absolute atomic E-state index is 0.142. The van der Waals surface area contributed by atoms with Crippen LogP contribution in [0.1, 0.15) is 32.3 Å². The summed E-state index contributed by atoms with van der Waals surface area (Å²) in [5, 5.41) is 14.2. The Morgan fingerprint density at radius 3 is 1.65 bits per heavy atom. The summed E-state index contributed by atoms with van der Waals surface area (Å²) in [6, 6.07) is 8.44. The summed E-state index contributed by atoms with van der Waals surface area (Å²) < 4.78 is 76.4. The van der Waals surface area contributed by atoms with Gasteiger partial charge in [-0.05, 0) is 36.5 Å². The predicted molar refractivity (Wildman–Crippen MR) is 107 cm³/mol. The maximum absolute atomic E-state index is 13.0. The Balaban J connectivity index is 0.000000343. The van der Waals surface area contributed by atoms with Crippen LogP contribution in [0.2, 0.25) is 0 Å². The van der Waals surface area contributed by atoms with Crippen molar-refractivity contribution < 1.29 is 50.5 Å². The molecule has 1 aromatic carbocycles. The van der Waals surface area contributed by atoms with Crippen molar-refractivity contribution >= 4 is 11.9 Å². The fourth-order valence-electron chi connectivity index (χ4n) is 3.88. The van der Waals surface area contributed by atoms with Gasteiger partial charge in [0.1, 0.15) is 5.82 Å². The predicted octanol–water partition coefficient (Wildman–Crippen LogP) is 4.40. The molecular formula is C21H27F7N2O4. The van der Waals surface area contributed by atoms with Crippen molar-refractivity contribution in [1.29, 1.82) is 0 Å². The van der Waals surface area contributed by atoms with Gasteiger partial charge in [0, 0.05) is 38.3 Å². The lowest BCUT2D eigenvalue weighted by molar-refractivity contribution is -0.193. The maximum atomic E-state index is 13.0. The summed E-state index contributed by atoms with van der Waals surface area (Å²) in [5.74, 6) is -4.91. The van der Waals surface area contributed by atoms with E-state index < -0.39 is 24.3 Å². The van der Waals surface area contributed by atoms with Gasteiger partial charge in [0.2, 0.25) is 0 Å². The monoisotopic (exact) mass is 504 g/mol. The van der Waals surface area contributed by atoms with Gasteiger partial charge in [0.05, 0.1) is 0 Å². The zero-order valence-corrected chi connectivity index (χ0v) is 18.5. The molecule has 2 saturated heterocycles. The van der Waals surface area contributed by atoms with E-state index in [-0.39, 0.29) is 5.82 Å². The highest BCUT2D eigenvalue weighted by molar-refractivity contribution is 5.73. The molecule has 0 aliphatic carbocycles. The Morgan fingerprint density at radius 1 is 0.882 bits per heavy atom. The van der Waals surface area contributed by atoms with Crippen LogP contribution in [0.15, 0.2) is 24.3 Å². The topological polar surface area (TPSA) is 81.1 Å². The average molecular weight is 504 g/mol. The molecule has 2 aliphatic heterocycles. The SMILES string of the molecule is CC(C)CN1CC[C@@H]2[C@@H]1CCN2Cc1ccc(F)cc1.O=C(O)C(F)(F)F.O=C(O)C(F)(F)F. The lowest BCUT2D eigenvalue weighted by Crippen LogP contribution is -2.37. The van der Waals surface area contributed by atoms with Gasteiger partial charge in [-0.2, -0.15) is 26.3 Å². The first-order valence-corrected chi connectivity index (χ1v) is 10.3. The average Bonchev–Trinajstić information content (AvgIpc) is 3.26. The quantitative estimate of drug-likeness (QED) is 0.592. The summed E-state index contributed by atoms with van der Waals surface area (Å²) in [6.45, 7) is 9.23. The van der Waals surface area contributed by atoms with Gasteiger partial charge in [-0.25, -0.2) is 14.0 Å². The van der Waals surface area contributed by atoms with Crippen molar-refractivity contribution in [2.45, 2.75) is 57.7 Å². The molecule has 2 heterocycles. The van der Waals surface area contributed by atoms with Crippen LogP contribution >= 0.6 is 0 Å². The first-order chi connectivity index (χ1) is 15.5. The van der Waals surface area contributed by atoms with Crippen LogP contribution in [0.5, 0.6) is 0 Å². The normalized spacial score (nSPS) is 20.8. The second-order valence-corrected chi connectivity index (χ2v) is 8.30. The van der Waals surface area contributed by atoms with E-state index in [0.29, 0.717) is 6.04 Å². The van der Waals surface area contributed by atoms with E-state index in [9.17, 15) is 30.7 Å². The number of carbonyl (C=O) groups is 2. The minimum Gasteiger partial charge on any atom is -0.475 e. The lowest BCUT2D eigenvalue weighted by Gasteiger charge is -2.26. The lowest BCUT2D eigenvalue weighted by atomic mass is 10.1. The molecule has 2 atom stereocenters. The number of halogens is 7. The summed E-state index contributed by atoms with van der Waals surface area (Å²) in [6.07, 6.45) is -7.59. The van der Waals surface area contributed by atoms with Crippen molar-refractivity contribution in [2.24, 2.45) is 5.92 Å². The summed E-state index contributed by atoms with van der Waals surface area (Å²) in [4.78, 5) is 23.1. The molecule has 0 bridgehead atoms. The second-order valence-electron chi connectivity index (χ2n) is 8.30.